The third-order valence-corrected chi connectivity index (χ3v) is 3.23. The minimum atomic E-state index is 0.501. The minimum Gasteiger partial charge on any atom is -0.494 e. The van der Waals surface area contributed by atoms with Gasteiger partial charge in [0.05, 0.1) is 19.8 Å². The van der Waals surface area contributed by atoms with Crippen LogP contribution < -0.4 is 15.4 Å². The Bertz CT molecular complexity index is 348. The zero-order valence-electron chi connectivity index (χ0n) is 11.7. The van der Waals surface area contributed by atoms with Crippen LogP contribution in [0.1, 0.15) is 18.9 Å². The maximum absolute atomic E-state index is 5.43. The maximum Gasteiger partial charge on any atom is 0.119 e. The Labute approximate surface area is 115 Å². The summed E-state index contributed by atoms with van der Waals surface area (Å²) in [5.41, 5.74) is 1.29. The van der Waals surface area contributed by atoms with Crippen LogP contribution in [0.5, 0.6) is 5.75 Å². The van der Waals surface area contributed by atoms with Gasteiger partial charge in [-0.25, -0.2) is 0 Å². The molecule has 1 aromatic carbocycles. The molecule has 2 N–H and O–H groups in total. The molecule has 1 heterocycles. The molecule has 0 aromatic heterocycles. The number of ether oxygens (including phenoxy) is 2. The summed E-state index contributed by atoms with van der Waals surface area (Å²) in [6.07, 6.45) is 1.11. The van der Waals surface area contributed by atoms with E-state index >= 15 is 0 Å². The van der Waals surface area contributed by atoms with E-state index in [0.717, 1.165) is 45.0 Å². The molecular weight excluding hydrogens is 240 g/mol. The number of nitrogens with one attached hydrogen (secondary N) is 2. The molecule has 106 valence electrons. The van der Waals surface area contributed by atoms with Crippen molar-refractivity contribution in [3.05, 3.63) is 29.8 Å². The van der Waals surface area contributed by atoms with Crippen LogP contribution in [0.4, 0.5) is 0 Å². The Hall–Kier alpha value is -1.10. The predicted molar refractivity (Wildman–Crippen MR) is 76.5 cm³/mol. The normalized spacial score (nSPS) is 19.3. The molecule has 0 amide bonds. The van der Waals surface area contributed by atoms with Gasteiger partial charge in [-0.1, -0.05) is 12.1 Å². The standard InChI is InChI=1S/C15H24N2O2/c1-2-19-15-5-3-13(4-6-15)11-16-8-7-14-12-18-10-9-17-14/h3-6,14,16-17H,2,7-12H2,1H3. The van der Waals surface area contributed by atoms with Gasteiger partial charge in [-0.15, -0.1) is 0 Å². The van der Waals surface area contributed by atoms with Gasteiger partial charge in [0.2, 0.25) is 0 Å². The molecule has 1 unspecified atom stereocenters. The summed E-state index contributed by atoms with van der Waals surface area (Å²) in [6, 6.07) is 8.77. The van der Waals surface area contributed by atoms with E-state index in [4.69, 9.17) is 9.47 Å². The number of hydrogen-bond acceptors (Lipinski definition) is 4. The van der Waals surface area contributed by atoms with E-state index in [1.807, 2.05) is 19.1 Å². The third-order valence-electron chi connectivity index (χ3n) is 3.23. The van der Waals surface area contributed by atoms with Gasteiger partial charge in [0.15, 0.2) is 0 Å². The lowest BCUT2D eigenvalue weighted by Gasteiger charge is -2.23. The molecule has 1 aliphatic heterocycles. The maximum atomic E-state index is 5.43. The monoisotopic (exact) mass is 264 g/mol. The molecule has 2 rings (SSSR count). The highest BCUT2D eigenvalue weighted by Gasteiger charge is 2.11. The van der Waals surface area contributed by atoms with Crippen molar-refractivity contribution < 1.29 is 9.47 Å². The van der Waals surface area contributed by atoms with Gasteiger partial charge >= 0.3 is 0 Å². The first-order valence-corrected chi connectivity index (χ1v) is 7.12. The first-order valence-electron chi connectivity index (χ1n) is 7.12. The molecular formula is C15H24N2O2. The molecule has 1 atom stereocenters. The van der Waals surface area contributed by atoms with E-state index < -0.39 is 0 Å². The van der Waals surface area contributed by atoms with Crippen molar-refractivity contribution in [3.63, 3.8) is 0 Å². The van der Waals surface area contributed by atoms with Gasteiger partial charge in [0, 0.05) is 19.1 Å². The zero-order chi connectivity index (χ0) is 13.3. The van der Waals surface area contributed by atoms with Crippen LogP contribution in [0.25, 0.3) is 0 Å². The second kappa shape index (κ2) is 8.15. The first-order chi connectivity index (χ1) is 9.38. The second-order valence-electron chi connectivity index (χ2n) is 4.77. The van der Waals surface area contributed by atoms with Crippen molar-refractivity contribution in [1.82, 2.24) is 10.6 Å². The number of hydrogen-bond donors (Lipinski definition) is 2. The Morgan fingerprint density at radius 2 is 2.21 bits per heavy atom. The fourth-order valence-corrected chi connectivity index (χ4v) is 2.18. The molecule has 0 bridgehead atoms. The van der Waals surface area contributed by atoms with Crippen LogP contribution in [0, 0.1) is 0 Å². The molecule has 1 aliphatic rings. The Morgan fingerprint density at radius 3 is 2.89 bits per heavy atom. The summed E-state index contributed by atoms with van der Waals surface area (Å²) in [5, 5.41) is 6.92. The lowest BCUT2D eigenvalue weighted by molar-refractivity contribution is 0.0742. The van der Waals surface area contributed by atoms with E-state index in [2.05, 4.69) is 22.8 Å². The number of rotatable bonds is 7. The van der Waals surface area contributed by atoms with Crippen LogP contribution >= 0.6 is 0 Å². The Morgan fingerprint density at radius 1 is 1.37 bits per heavy atom. The highest BCUT2D eigenvalue weighted by atomic mass is 16.5. The van der Waals surface area contributed by atoms with Gasteiger partial charge in [0.1, 0.15) is 5.75 Å². The first kappa shape index (κ1) is 14.3. The highest BCUT2D eigenvalue weighted by molar-refractivity contribution is 5.27. The summed E-state index contributed by atoms with van der Waals surface area (Å²) in [6.45, 7) is 7.28. The van der Waals surface area contributed by atoms with E-state index in [0.29, 0.717) is 12.6 Å². The van der Waals surface area contributed by atoms with Crippen LogP contribution in [0.3, 0.4) is 0 Å². The van der Waals surface area contributed by atoms with E-state index in [1.165, 1.54) is 5.56 Å². The van der Waals surface area contributed by atoms with E-state index in [9.17, 15) is 0 Å². The summed E-state index contributed by atoms with van der Waals surface area (Å²) in [7, 11) is 0. The molecule has 0 spiro atoms. The van der Waals surface area contributed by atoms with Gasteiger partial charge in [0.25, 0.3) is 0 Å². The third kappa shape index (κ3) is 5.19. The zero-order valence-corrected chi connectivity index (χ0v) is 11.7. The quantitative estimate of drug-likeness (QED) is 0.733. The fraction of sp³-hybridized carbons (Fsp3) is 0.600. The van der Waals surface area contributed by atoms with Gasteiger partial charge in [-0.05, 0) is 37.6 Å². The van der Waals surface area contributed by atoms with Crippen molar-refractivity contribution in [2.45, 2.75) is 25.9 Å². The molecule has 4 heteroatoms. The molecule has 1 saturated heterocycles. The van der Waals surface area contributed by atoms with Crippen LogP contribution in [-0.2, 0) is 11.3 Å². The van der Waals surface area contributed by atoms with Crippen LogP contribution in [0.15, 0.2) is 24.3 Å². The van der Waals surface area contributed by atoms with Crippen LogP contribution in [0.2, 0.25) is 0 Å². The second-order valence-corrected chi connectivity index (χ2v) is 4.77. The van der Waals surface area contributed by atoms with Crippen LogP contribution in [-0.4, -0.2) is 39.0 Å². The molecule has 0 radical (unpaired) electrons. The van der Waals surface area contributed by atoms with Crippen molar-refractivity contribution in [2.75, 3.05) is 32.9 Å². The molecule has 19 heavy (non-hydrogen) atoms. The van der Waals surface area contributed by atoms with Crippen molar-refractivity contribution >= 4 is 0 Å². The summed E-state index contributed by atoms with van der Waals surface area (Å²) in [4.78, 5) is 0. The van der Waals surface area contributed by atoms with Gasteiger partial charge in [-0.2, -0.15) is 0 Å². The molecule has 0 aliphatic carbocycles. The topological polar surface area (TPSA) is 42.5 Å². The highest BCUT2D eigenvalue weighted by Crippen LogP contribution is 2.11. The average molecular weight is 264 g/mol. The lowest BCUT2D eigenvalue weighted by Crippen LogP contribution is -2.42. The largest absolute Gasteiger partial charge is 0.494 e. The van der Waals surface area contributed by atoms with E-state index in [-0.39, 0.29) is 0 Å². The summed E-state index contributed by atoms with van der Waals surface area (Å²) < 4.78 is 10.9. The Kier molecular flexibility index (Phi) is 6.14. The average Bonchev–Trinajstić information content (AvgIpc) is 2.47. The Balaban J connectivity index is 1.62. The smallest absolute Gasteiger partial charge is 0.119 e. The molecule has 4 nitrogen and oxygen atoms in total. The van der Waals surface area contributed by atoms with Gasteiger partial charge < -0.3 is 20.1 Å². The van der Waals surface area contributed by atoms with Crippen molar-refractivity contribution in [1.29, 1.82) is 0 Å². The molecule has 0 saturated carbocycles. The number of benzene rings is 1. The predicted octanol–water partition coefficient (Wildman–Crippen LogP) is 1.55. The van der Waals surface area contributed by atoms with Gasteiger partial charge in [-0.3, -0.25) is 0 Å². The van der Waals surface area contributed by atoms with Crippen molar-refractivity contribution in [2.24, 2.45) is 0 Å². The number of morpholine rings is 1. The van der Waals surface area contributed by atoms with Crippen molar-refractivity contribution in [3.8, 4) is 5.75 Å². The minimum absolute atomic E-state index is 0.501. The molecule has 1 aromatic rings. The summed E-state index contributed by atoms with van der Waals surface area (Å²) >= 11 is 0. The fourth-order valence-electron chi connectivity index (χ4n) is 2.18. The lowest BCUT2D eigenvalue weighted by atomic mass is 10.2. The SMILES string of the molecule is CCOc1ccc(CNCCC2COCCN2)cc1. The van der Waals surface area contributed by atoms with E-state index in [1.54, 1.807) is 0 Å². The molecule has 1 fully saturated rings. The summed E-state index contributed by atoms with van der Waals surface area (Å²) in [5.74, 6) is 0.940.